The maximum atomic E-state index is 5.06. The Hall–Kier alpha value is -3.97. The summed E-state index contributed by atoms with van der Waals surface area (Å²) in [6.07, 6.45) is 4.07. The van der Waals surface area contributed by atoms with Crippen LogP contribution in [0.2, 0.25) is 0 Å². The number of pyridine rings is 1. The first-order chi connectivity index (χ1) is 22.4. The molecule has 5 aromatic rings. The minimum atomic E-state index is -0.631. The first-order valence-corrected chi connectivity index (χ1v) is 16.6. The second-order valence-electron chi connectivity index (χ2n) is 15.2. The molecule has 1 aliphatic heterocycles. The Bertz CT molecular complexity index is 1920. The van der Waals surface area contributed by atoms with Crippen molar-refractivity contribution < 1.29 is 20.4 Å². The number of benzene rings is 4. The maximum Gasteiger partial charge on any atom is 0.0498 e. The van der Waals surface area contributed by atoms with E-state index in [9.17, 15) is 0 Å². The zero-order valence-corrected chi connectivity index (χ0v) is 30.8. The van der Waals surface area contributed by atoms with E-state index in [1.54, 1.807) is 0 Å². The van der Waals surface area contributed by atoms with Crippen LogP contribution in [0.25, 0.3) is 11.1 Å². The molecule has 3 nitrogen and oxygen atoms in total. The molecule has 1 aromatic heterocycles. The number of rotatable bonds is 5. The molecule has 0 atom stereocenters. The molecule has 2 aliphatic rings. The summed E-state index contributed by atoms with van der Waals surface area (Å²) in [7, 11) is 2.07. The average Bonchev–Trinajstić information content (AvgIpc) is 3.54. The van der Waals surface area contributed by atoms with Gasteiger partial charge in [-0.3, -0.25) is 4.98 Å². The van der Waals surface area contributed by atoms with Gasteiger partial charge in [0, 0.05) is 43.1 Å². The number of fused-ring (bicyclic) bond motifs is 3. The number of aromatic nitrogens is 1. The molecular formula is C44H44N3Pd-3. The molecule has 0 saturated carbocycles. The van der Waals surface area contributed by atoms with E-state index in [-0.39, 0.29) is 31.3 Å². The first kappa shape index (κ1) is 33.9. The largest absolute Gasteiger partial charge is 0.510 e. The van der Waals surface area contributed by atoms with Crippen molar-refractivity contribution in [2.75, 3.05) is 11.9 Å². The standard InChI is InChI=1S/C44H44N3.Pd/c1-31-29-46(8)30-47(31)35-20-16-18-33(28-35)43(38-23-11-9-21-36(38)37-22-10-12-24-39(37)43)32-17-15-19-34(27-32)44(41(2,3)4,42(5,6)7)40-25-13-14-26-45-40;/h9-26,29-30H,1-8H3;/q-3;. The summed E-state index contributed by atoms with van der Waals surface area (Å²) in [5, 5.41) is 0. The molecule has 4 heteroatoms. The average molecular weight is 721 g/mol. The van der Waals surface area contributed by atoms with Crippen molar-refractivity contribution >= 4 is 5.69 Å². The molecule has 7 rings (SSSR count). The first-order valence-electron chi connectivity index (χ1n) is 16.6. The van der Waals surface area contributed by atoms with Crippen LogP contribution < -0.4 is 4.90 Å². The zero-order chi connectivity index (χ0) is 33.2. The van der Waals surface area contributed by atoms with Crippen LogP contribution in [0.3, 0.4) is 0 Å². The summed E-state index contributed by atoms with van der Waals surface area (Å²) in [5.41, 5.74) is 10.2. The van der Waals surface area contributed by atoms with E-state index in [1.807, 2.05) is 12.3 Å². The van der Waals surface area contributed by atoms with Gasteiger partial charge in [0.15, 0.2) is 0 Å². The Morgan fingerprint density at radius 3 is 1.77 bits per heavy atom. The predicted octanol–water partition coefficient (Wildman–Crippen LogP) is 10.2. The van der Waals surface area contributed by atoms with Crippen molar-refractivity contribution in [3.8, 4) is 11.1 Å². The Balaban J connectivity index is 0.00000401. The molecule has 0 amide bonds. The molecule has 2 heterocycles. The van der Waals surface area contributed by atoms with Gasteiger partial charge >= 0.3 is 0 Å². The fourth-order valence-electron chi connectivity index (χ4n) is 9.02. The van der Waals surface area contributed by atoms with Gasteiger partial charge < -0.3 is 9.80 Å². The van der Waals surface area contributed by atoms with E-state index in [1.165, 1.54) is 22.3 Å². The topological polar surface area (TPSA) is 19.4 Å². The SMILES string of the molecule is CC1=CN(C)[CH-]N1c1[c-]c(C2(c3[c-]c(C(c4ccccn4)(C(C)(C)C)C(C)(C)C)ccc3)c3ccccc3-c3ccccc32)ccc1.[Pd]. The van der Waals surface area contributed by atoms with E-state index in [0.717, 1.165) is 33.8 Å². The molecule has 48 heavy (non-hydrogen) atoms. The van der Waals surface area contributed by atoms with Crippen LogP contribution >= 0.6 is 0 Å². The summed E-state index contributed by atoms with van der Waals surface area (Å²) in [4.78, 5) is 9.37. The normalized spacial score (nSPS) is 15.5. The summed E-state index contributed by atoms with van der Waals surface area (Å²) in [6, 6.07) is 45.6. The minimum Gasteiger partial charge on any atom is -0.510 e. The van der Waals surface area contributed by atoms with Gasteiger partial charge in [-0.1, -0.05) is 96.1 Å². The third-order valence-electron chi connectivity index (χ3n) is 10.4. The number of hydrogen-bond donors (Lipinski definition) is 0. The van der Waals surface area contributed by atoms with Crippen LogP contribution in [-0.4, -0.2) is 16.9 Å². The van der Waals surface area contributed by atoms with Crippen LogP contribution in [0.15, 0.2) is 121 Å². The van der Waals surface area contributed by atoms with Gasteiger partial charge in [-0.2, -0.15) is 55.2 Å². The molecule has 0 fully saturated rings. The number of anilines is 1. The molecule has 0 saturated heterocycles. The van der Waals surface area contributed by atoms with Gasteiger partial charge in [0.25, 0.3) is 0 Å². The summed E-state index contributed by atoms with van der Waals surface area (Å²) >= 11 is 0. The monoisotopic (exact) mass is 720 g/mol. The van der Waals surface area contributed by atoms with Gasteiger partial charge in [0.05, 0.1) is 0 Å². The third-order valence-corrected chi connectivity index (χ3v) is 10.4. The Morgan fingerprint density at radius 2 is 1.23 bits per heavy atom. The van der Waals surface area contributed by atoms with Crippen molar-refractivity contribution in [3.05, 3.63) is 174 Å². The number of nitrogens with zero attached hydrogens (tertiary/aromatic N) is 3. The molecule has 0 spiro atoms. The van der Waals surface area contributed by atoms with Crippen LogP contribution in [0.5, 0.6) is 0 Å². The van der Waals surface area contributed by atoms with Gasteiger partial charge in [0.2, 0.25) is 0 Å². The predicted molar refractivity (Wildman–Crippen MR) is 194 cm³/mol. The summed E-state index contributed by atoms with van der Waals surface area (Å²) < 4.78 is 0. The molecule has 1 aliphatic carbocycles. The van der Waals surface area contributed by atoms with Gasteiger partial charge in [-0.15, -0.1) is 22.4 Å². The second kappa shape index (κ2) is 12.2. The van der Waals surface area contributed by atoms with E-state index >= 15 is 0 Å². The van der Waals surface area contributed by atoms with E-state index in [2.05, 4.69) is 187 Å². The molecule has 4 aromatic carbocycles. The Labute approximate surface area is 301 Å². The second-order valence-corrected chi connectivity index (χ2v) is 15.2. The van der Waals surface area contributed by atoms with E-state index < -0.39 is 10.8 Å². The summed E-state index contributed by atoms with van der Waals surface area (Å²) in [5.74, 6) is 0. The van der Waals surface area contributed by atoms with Crippen molar-refractivity contribution in [3.63, 3.8) is 0 Å². The molecule has 0 radical (unpaired) electrons. The Kier molecular flexibility index (Phi) is 8.60. The number of allylic oxidation sites excluding steroid dienone is 1. The van der Waals surface area contributed by atoms with Crippen molar-refractivity contribution in [1.82, 2.24) is 9.88 Å². The fraction of sp³-hybridized carbons (Fsp3) is 0.273. The molecule has 0 bridgehead atoms. The molecular weight excluding hydrogens is 677 g/mol. The molecule has 248 valence electrons. The minimum absolute atomic E-state index is 0. The van der Waals surface area contributed by atoms with Gasteiger partial charge in [-0.05, 0) is 71.1 Å². The maximum absolute atomic E-state index is 5.06. The summed E-state index contributed by atoms with van der Waals surface area (Å²) in [6.45, 7) is 18.3. The van der Waals surface area contributed by atoms with E-state index in [0.29, 0.717) is 0 Å². The quantitative estimate of drug-likeness (QED) is 0.131. The Morgan fingerprint density at radius 1 is 0.667 bits per heavy atom. The molecule has 0 unspecified atom stereocenters. The number of hydrogen-bond acceptors (Lipinski definition) is 3. The van der Waals surface area contributed by atoms with Crippen LogP contribution in [0.1, 0.15) is 82.0 Å². The van der Waals surface area contributed by atoms with Crippen molar-refractivity contribution in [2.24, 2.45) is 10.8 Å². The van der Waals surface area contributed by atoms with Gasteiger partial charge in [-0.25, -0.2) is 0 Å². The van der Waals surface area contributed by atoms with Gasteiger partial charge in [0.1, 0.15) is 0 Å². The zero-order valence-electron chi connectivity index (χ0n) is 29.2. The fourth-order valence-corrected chi connectivity index (χ4v) is 9.02. The van der Waals surface area contributed by atoms with Crippen LogP contribution in [-0.2, 0) is 31.3 Å². The third kappa shape index (κ3) is 4.91. The van der Waals surface area contributed by atoms with Crippen molar-refractivity contribution in [1.29, 1.82) is 0 Å². The van der Waals surface area contributed by atoms with E-state index in [4.69, 9.17) is 4.98 Å². The molecule has 0 N–H and O–H groups in total. The smallest absolute Gasteiger partial charge is 0.0498 e. The van der Waals surface area contributed by atoms with Crippen LogP contribution in [0.4, 0.5) is 5.69 Å². The van der Waals surface area contributed by atoms with Crippen LogP contribution in [0, 0.1) is 29.6 Å². The van der Waals surface area contributed by atoms with Crippen molar-refractivity contribution in [2.45, 2.75) is 59.3 Å².